The molecular formula is C22H24FN5O. The Hall–Kier alpha value is -3.22. The van der Waals surface area contributed by atoms with E-state index in [1.165, 1.54) is 25.0 Å². The minimum atomic E-state index is -0.304. The number of anilines is 1. The molecule has 1 saturated heterocycles. The fourth-order valence-corrected chi connectivity index (χ4v) is 3.64. The van der Waals surface area contributed by atoms with E-state index in [9.17, 15) is 9.18 Å². The van der Waals surface area contributed by atoms with Crippen molar-refractivity contribution in [1.82, 2.24) is 20.1 Å². The van der Waals surface area contributed by atoms with E-state index in [0.717, 1.165) is 35.9 Å². The molecule has 1 aliphatic rings. The van der Waals surface area contributed by atoms with E-state index in [2.05, 4.69) is 20.3 Å². The quantitative estimate of drug-likeness (QED) is 0.696. The number of aromatic nitrogens is 3. The molecular weight excluding hydrogens is 369 g/mol. The molecule has 0 spiro atoms. The molecule has 1 fully saturated rings. The number of nitrogens with one attached hydrogen (secondary N) is 1. The molecule has 1 amide bonds. The van der Waals surface area contributed by atoms with Crippen LogP contribution in [0.1, 0.15) is 41.4 Å². The average molecular weight is 393 g/mol. The van der Waals surface area contributed by atoms with Gasteiger partial charge in [0.2, 0.25) is 0 Å². The number of amides is 1. The first-order valence-electron chi connectivity index (χ1n) is 9.96. The van der Waals surface area contributed by atoms with Crippen molar-refractivity contribution in [3.05, 3.63) is 71.4 Å². The van der Waals surface area contributed by atoms with Gasteiger partial charge in [-0.2, -0.15) is 5.10 Å². The standard InChI is InChI=1S/C22H24FN5O/c1-2-20-19(15-26-28(20)18-8-6-17(23)7-9-18)22(29)25-14-16-5-10-21(24-13-16)27-11-3-4-12-27/h5-10,13,15H,2-4,11-12,14H2,1H3,(H,25,29). The largest absolute Gasteiger partial charge is 0.357 e. The number of halogens is 1. The van der Waals surface area contributed by atoms with Crippen molar-refractivity contribution < 1.29 is 9.18 Å². The fourth-order valence-electron chi connectivity index (χ4n) is 3.64. The van der Waals surface area contributed by atoms with Gasteiger partial charge < -0.3 is 10.2 Å². The number of pyridine rings is 1. The van der Waals surface area contributed by atoms with Gasteiger partial charge in [-0.1, -0.05) is 13.0 Å². The van der Waals surface area contributed by atoms with Gasteiger partial charge in [-0.3, -0.25) is 4.79 Å². The Morgan fingerprint density at radius 3 is 2.52 bits per heavy atom. The summed E-state index contributed by atoms with van der Waals surface area (Å²) in [5.74, 6) is 0.506. The lowest BCUT2D eigenvalue weighted by Crippen LogP contribution is -2.24. The highest BCUT2D eigenvalue weighted by Crippen LogP contribution is 2.18. The monoisotopic (exact) mass is 393 g/mol. The summed E-state index contributed by atoms with van der Waals surface area (Å²) in [5, 5.41) is 7.28. The van der Waals surface area contributed by atoms with E-state index in [-0.39, 0.29) is 11.7 Å². The maximum Gasteiger partial charge on any atom is 0.255 e. The summed E-state index contributed by atoms with van der Waals surface area (Å²) in [5.41, 5.74) is 2.99. The molecule has 0 unspecified atom stereocenters. The molecule has 6 nitrogen and oxygen atoms in total. The van der Waals surface area contributed by atoms with Crippen LogP contribution in [0.15, 0.2) is 48.8 Å². The van der Waals surface area contributed by atoms with Gasteiger partial charge in [0.05, 0.1) is 23.1 Å². The van der Waals surface area contributed by atoms with Gasteiger partial charge in [-0.05, 0) is 55.2 Å². The van der Waals surface area contributed by atoms with Crippen LogP contribution in [-0.4, -0.2) is 33.8 Å². The van der Waals surface area contributed by atoms with Crippen molar-refractivity contribution in [3.63, 3.8) is 0 Å². The third kappa shape index (κ3) is 4.13. The van der Waals surface area contributed by atoms with Gasteiger partial charge in [0.15, 0.2) is 0 Å². The Bertz CT molecular complexity index is 975. The molecule has 1 aromatic carbocycles. The minimum Gasteiger partial charge on any atom is -0.357 e. The summed E-state index contributed by atoms with van der Waals surface area (Å²) >= 11 is 0. The Labute approximate surface area is 169 Å². The number of hydrogen-bond acceptors (Lipinski definition) is 4. The van der Waals surface area contributed by atoms with Crippen molar-refractivity contribution in [2.75, 3.05) is 18.0 Å². The normalized spacial score (nSPS) is 13.7. The predicted molar refractivity (Wildman–Crippen MR) is 110 cm³/mol. The zero-order chi connectivity index (χ0) is 20.2. The Morgan fingerprint density at radius 2 is 1.86 bits per heavy atom. The summed E-state index contributed by atoms with van der Waals surface area (Å²) in [6.07, 6.45) is 6.44. The molecule has 0 atom stereocenters. The van der Waals surface area contributed by atoms with Crippen LogP contribution in [0, 0.1) is 5.82 Å². The van der Waals surface area contributed by atoms with Crippen molar-refractivity contribution in [1.29, 1.82) is 0 Å². The van der Waals surface area contributed by atoms with E-state index >= 15 is 0 Å². The maximum atomic E-state index is 13.2. The highest BCUT2D eigenvalue weighted by Gasteiger charge is 2.17. The SMILES string of the molecule is CCc1c(C(=O)NCc2ccc(N3CCCC3)nc2)cnn1-c1ccc(F)cc1. The number of rotatable bonds is 6. The minimum absolute atomic E-state index is 0.182. The second-order valence-corrected chi connectivity index (χ2v) is 7.15. The van der Waals surface area contributed by atoms with Crippen LogP contribution in [0.5, 0.6) is 0 Å². The zero-order valence-corrected chi connectivity index (χ0v) is 16.4. The highest BCUT2D eigenvalue weighted by atomic mass is 19.1. The Kier molecular flexibility index (Phi) is 5.55. The molecule has 2 aromatic heterocycles. The van der Waals surface area contributed by atoms with Crippen molar-refractivity contribution >= 4 is 11.7 Å². The molecule has 1 aliphatic heterocycles. The van der Waals surface area contributed by atoms with Gasteiger partial charge in [0, 0.05) is 25.8 Å². The van der Waals surface area contributed by atoms with Crippen molar-refractivity contribution in [2.45, 2.75) is 32.7 Å². The third-order valence-electron chi connectivity index (χ3n) is 5.21. The van der Waals surface area contributed by atoms with Gasteiger partial charge in [0.25, 0.3) is 5.91 Å². The molecule has 3 aromatic rings. The summed E-state index contributed by atoms with van der Waals surface area (Å²) in [6.45, 7) is 4.48. The van der Waals surface area contributed by atoms with Crippen LogP contribution in [0.3, 0.4) is 0 Å². The number of benzene rings is 1. The van der Waals surface area contributed by atoms with E-state index in [0.29, 0.717) is 18.5 Å². The maximum absolute atomic E-state index is 13.2. The molecule has 3 heterocycles. The lowest BCUT2D eigenvalue weighted by atomic mass is 10.1. The molecule has 0 saturated carbocycles. The van der Waals surface area contributed by atoms with Gasteiger partial charge in [-0.15, -0.1) is 0 Å². The lowest BCUT2D eigenvalue weighted by molar-refractivity contribution is 0.0950. The third-order valence-corrected chi connectivity index (χ3v) is 5.21. The molecule has 150 valence electrons. The van der Waals surface area contributed by atoms with Gasteiger partial charge in [0.1, 0.15) is 11.6 Å². The first-order valence-corrected chi connectivity index (χ1v) is 9.96. The molecule has 0 bridgehead atoms. The van der Waals surface area contributed by atoms with Crippen LogP contribution in [-0.2, 0) is 13.0 Å². The fraction of sp³-hybridized carbons (Fsp3) is 0.318. The van der Waals surface area contributed by atoms with Crippen LogP contribution < -0.4 is 10.2 Å². The van der Waals surface area contributed by atoms with Gasteiger partial charge >= 0.3 is 0 Å². The summed E-state index contributed by atoms with van der Waals surface area (Å²) in [6, 6.07) is 10.1. The smallest absolute Gasteiger partial charge is 0.255 e. The molecule has 4 rings (SSSR count). The molecule has 0 radical (unpaired) electrons. The second-order valence-electron chi connectivity index (χ2n) is 7.15. The van der Waals surface area contributed by atoms with E-state index in [4.69, 9.17) is 0 Å². The van der Waals surface area contributed by atoms with Crippen molar-refractivity contribution in [2.24, 2.45) is 0 Å². The first kappa shape index (κ1) is 19.1. The molecule has 1 N–H and O–H groups in total. The summed E-state index contributed by atoms with van der Waals surface area (Å²) < 4.78 is 14.9. The highest BCUT2D eigenvalue weighted by molar-refractivity contribution is 5.95. The molecule has 0 aliphatic carbocycles. The van der Waals surface area contributed by atoms with Crippen LogP contribution in [0.2, 0.25) is 0 Å². The first-order chi connectivity index (χ1) is 14.2. The van der Waals surface area contributed by atoms with E-state index in [1.807, 2.05) is 25.3 Å². The average Bonchev–Trinajstić information content (AvgIpc) is 3.43. The predicted octanol–water partition coefficient (Wildman–Crippen LogP) is 3.50. The number of nitrogens with zero attached hydrogens (tertiary/aromatic N) is 4. The number of carbonyl (C=O) groups excluding carboxylic acids is 1. The van der Waals surface area contributed by atoms with Crippen LogP contribution >= 0.6 is 0 Å². The van der Waals surface area contributed by atoms with Gasteiger partial charge in [-0.25, -0.2) is 14.1 Å². The van der Waals surface area contributed by atoms with Crippen LogP contribution in [0.25, 0.3) is 5.69 Å². The van der Waals surface area contributed by atoms with Crippen LogP contribution in [0.4, 0.5) is 10.2 Å². The molecule has 29 heavy (non-hydrogen) atoms. The molecule has 7 heteroatoms. The topological polar surface area (TPSA) is 63.1 Å². The summed E-state index contributed by atoms with van der Waals surface area (Å²) in [7, 11) is 0. The van der Waals surface area contributed by atoms with E-state index in [1.54, 1.807) is 23.0 Å². The zero-order valence-electron chi connectivity index (χ0n) is 16.4. The second kappa shape index (κ2) is 8.43. The van der Waals surface area contributed by atoms with E-state index < -0.39 is 0 Å². The number of carbonyl (C=O) groups is 1. The lowest BCUT2D eigenvalue weighted by Gasteiger charge is -2.16. The van der Waals surface area contributed by atoms with Crippen molar-refractivity contribution in [3.8, 4) is 5.69 Å². The summed E-state index contributed by atoms with van der Waals surface area (Å²) in [4.78, 5) is 19.5. The Morgan fingerprint density at radius 1 is 1.10 bits per heavy atom. The number of hydrogen-bond donors (Lipinski definition) is 1. The Balaban J connectivity index is 1.44.